The van der Waals surface area contributed by atoms with Crippen molar-refractivity contribution in [2.24, 2.45) is 0 Å². The Hall–Kier alpha value is -5.14. The third kappa shape index (κ3) is 4.22. The van der Waals surface area contributed by atoms with Crippen LogP contribution in [0.3, 0.4) is 0 Å². The van der Waals surface area contributed by atoms with Crippen molar-refractivity contribution in [3.63, 3.8) is 0 Å². The van der Waals surface area contributed by atoms with Crippen LogP contribution < -0.4 is 0 Å². The number of rotatable bonds is 4. The number of hydrogen-bond donors (Lipinski definition) is 0. The van der Waals surface area contributed by atoms with Gasteiger partial charge in [-0.3, -0.25) is 0 Å². The molecule has 0 bridgehead atoms. The molecule has 1 heteroatoms. The van der Waals surface area contributed by atoms with Crippen LogP contribution in [-0.4, -0.2) is 0 Å². The van der Waals surface area contributed by atoms with Crippen LogP contribution >= 0.6 is 0 Å². The first kappa shape index (κ1) is 28.3. The number of fused-ring (bicyclic) bond motifs is 9. The highest BCUT2D eigenvalue weighted by Gasteiger charge is 2.36. The van der Waals surface area contributed by atoms with Crippen LogP contribution in [0.1, 0.15) is 56.9 Å². The van der Waals surface area contributed by atoms with Gasteiger partial charge in [0.1, 0.15) is 11.2 Å². The molecule has 1 heterocycles. The van der Waals surface area contributed by atoms with Crippen LogP contribution in [0.25, 0.3) is 65.4 Å². The van der Waals surface area contributed by atoms with E-state index in [2.05, 4.69) is 162 Å². The Kier molecular flexibility index (Phi) is 6.62. The molecule has 1 aromatic heterocycles. The summed E-state index contributed by atoms with van der Waals surface area (Å²) in [4.78, 5) is 0. The van der Waals surface area contributed by atoms with Crippen LogP contribution in [-0.2, 0) is 11.8 Å². The third-order valence-corrected chi connectivity index (χ3v) is 10.2. The first-order valence-electron chi connectivity index (χ1n) is 16.4. The second-order valence-corrected chi connectivity index (χ2v) is 13.3. The maximum atomic E-state index is 6.57. The monoisotopic (exact) mass is 594 g/mol. The lowest BCUT2D eigenvalue weighted by Crippen LogP contribution is -2.15. The molecule has 0 unspecified atom stereocenters. The predicted octanol–water partition coefficient (Wildman–Crippen LogP) is 12.9. The summed E-state index contributed by atoms with van der Waals surface area (Å²) in [6.45, 7) is 11.3. The van der Waals surface area contributed by atoms with Gasteiger partial charge in [-0.1, -0.05) is 135 Å². The highest BCUT2D eigenvalue weighted by Crippen LogP contribution is 2.49. The molecule has 6 aromatic carbocycles. The molecule has 1 nitrogen and oxygen atoms in total. The maximum absolute atomic E-state index is 6.57. The van der Waals surface area contributed by atoms with Crippen LogP contribution in [0.5, 0.6) is 0 Å². The van der Waals surface area contributed by atoms with Gasteiger partial charge < -0.3 is 4.42 Å². The molecule has 0 saturated carbocycles. The Bertz CT molecular complexity index is 2430. The van der Waals surface area contributed by atoms with E-state index in [0.29, 0.717) is 0 Å². The molecule has 0 amide bonds. The van der Waals surface area contributed by atoms with Crippen molar-refractivity contribution in [2.45, 2.75) is 46.5 Å². The number of furan rings is 1. The van der Waals surface area contributed by atoms with Gasteiger partial charge in [0.2, 0.25) is 0 Å². The first-order valence-corrected chi connectivity index (χ1v) is 16.4. The smallest absolute Gasteiger partial charge is 0.143 e. The fourth-order valence-corrected chi connectivity index (χ4v) is 7.96. The van der Waals surface area contributed by atoms with Crippen LogP contribution in [0.4, 0.5) is 0 Å². The van der Waals surface area contributed by atoms with E-state index in [1.54, 1.807) is 0 Å². The highest BCUT2D eigenvalue weighted by atomic mass is 16.3. The van der Waals surface area contributed by atoms with Gasteiger partial charge in [0.15, 0.2) is 0 Å². The van der Waals surface area contributed by atoms with Gasteiger partial charge in [0.25, 0.3) is 0 Å². The molecule has 8 rings (SSSR count). The number of allylic oxidation sites excluding steroid dienone is 8. The van der Waals surface area contributed by atoms with Crippen molar-refractivity contribution in [1.82, 2.24) is 0 Å². The molecule has 0 aliphatic heterocycles. The molecular formula is C45H38O. The van der Waals surface area contributed by atoms with Gasteiger partial charge in [-0.2, -0.15) is 0 Å². The van der Waals surface area contributed by atoms with Crippen LogP contribution in [0.15, 0.2) is 137 Å². The summed E-state index contributed by atoms with van der Waals surface area (Å²) < 4.78 is 6.57. The lowest BCUT2D eigenvalue weighted by Gasteiger charge is -2.24. The second-order valence-electron chi connectivity index (χ2n) is 13.3. The van der Waals surface area contributed by atoms with Gasteiger partial charge in [-0.25, -0.2) is 0 Å². The molecule has 224 valence electrons. The Balaban J connectivity index is 1.30. The quantitative estimate of drug-likeness (QED) is 0.146. The minimum Gasteiger partial charge on any atom is -0.455 e. The van der Waals surface area contributed by atoms with Crippen molar-refractivity contribution in [1.29, 1.82) is 0 Å². The second kappa shape index (κ2) is 10.7. The zero-order valence-electron chi connectivity index (χ0n) is 27.2. The lowest BCUT2D eigenvalue weighted by molar-refractivity contribution is 0.644. The van der Waals surface area contributed by atoms with Gasteiger partial charge in [-0.05, 0) is 99.7 Å². The molecule has 7 aromatic rings. The normalized spacial score (nSPS) is 16.2. The average Bonchev–Trinajstić information content (AvgIpc) is 3.58. The molecule has 0 atom stereocenters. The SMILES string of the molecule is C/C=C\C=C(/C)c1c2ccccc2c(/C(C)=C/C=C2\Cc3ccc4ccc5c6ccccc6oc5c4c3C2(C)C)c2ccccc12. The number of para-hydroxylation sites is 1. The molecule has 0 spiro atoms. The fourth-order valence-electron chi connectivity index (χ4n) is 7.96. The molecule has 0 radical (unpaired) electrons. The highest BCUT2D eigenvalue weighted by molar-refractivity contribution is 6.17. The standard InChI is InChI=1S/C45H38O/c1-6-7-14-28(2)40-34-16-8-10-18-36(34)41(37-19-11-9-17-35(37)40)29(3)21-25-32-27-31-23-22-30-24-26-38-33-15-12-13-20-39(33)46-44(38)42(30)43(31)45(32,4)5/h6-26H,27H2,1-5H3/b7-6-,28-14+,29-21+,32-25+. The molecular weight excluding hydrogens is 556 g/mol. The van der Waals surface area contributed by atoms with Gasteiger partial charge >= 0.3 is 0 Å². The summed E-state index contributed by atoms with van der Waals surface area (Å²) >= 11 is 0. The summed E-state index contributed by atoms with van der Waals surface area (Å²) in [6.07, 6.45) is 12.1. The van der Waals surface area contributed by atoms with Crippen molar-refractivity contribution in [3.8, 4) is 0 Å². The van der Waals surface area contributed by atoms with E-state index in [1.165, 1.54) is 82.1 Å². The number of benzene rings is 6. The molecule has 1 aliphatic carbocycles. The Labute approximate surface area is 270 Å². The largest absolute Gasteiger partial charge is 0.455 e. The van der Waals surface area contributed by atoms with Crippen molar-refractivity contribution < 1.29 is 4.42 Å². The van der Waals surface area contributed by atoms with Crippen molar-refractivity contribution >= 4 is 65.4 Å². The molecule has 1 aliphatic rings. The lowest BCUT2D eigenvalue weighted by atomic mass is 9.80. The van der Waals surface area contributed by atoms with E-state index in [-0.39, 0.29) is 5.41 Å². The zero-order valence-corrected chi connectivity index (χ0v) is 27.2. The Morgan fingerprint density at radius 3 is 1.85 bits per heavy atom. The van der Waals surface area contributed by atoms with Crippen LogP contribution in [0, 0.1) is 0 Å². The third-order valence-electron chi connectivity index (χ3n) is 10.2. The number of hydrogen-bond acceptors (Lipinski definition) is 1. The van der Waals surface area contributed by atoms with E-state index in [4.69, 9.17) is 4.42 Å². The summed E-state index contributed by atoms with van der Waals surface area (Å²) in [5.41, 5.74) is 11.2. The van der Waals surface area contributed by atoms with E-state index < -0.39 is 0 Å². The Morgan fingerprint density at radius 1 is 0.652 bits per heavy atom. The van der Waals surface area contributed by atoms with Gasteiger partial charge in [0, 0.05) is 21.6 Å². The Morgan fingerprint density at radius 2 is 1.22 bits per heavy atom. The minimum atomic E-state index is -0.137. The van der Waals surface area contributed by atoms with E-state index in [0.717, 1.165) is 17.6 Å². The summed E-state index contributed by atoms with van der Waals surface area (Å²) in [7, 11) is 0. The van der Waals surface area contributed by atoms with Crippen molar-refractivity contribution in [3.05, 3.63) is 155 Å². The van der Waals surface area contributed by atoms with Crippen molar-refractivity contribution in [2.75, 3.05) is 0 Å². The van der Waals surface area contributed by atoms with Gasteiger partial charge in [0.05, 0.1) is 0 Å². The predicted molar refractivity (Wildman–Crippen MR) is 200 cm³/mol. The van der Waals surface area contributed by atoms with E-state index >= 15 is 0 Å². The zero-order chi connectivity index (χ0) is 31.6. The average molecular weight is 595 g/mol. The topological polar surface area (TPSA) is 13.1 Å². The minimum absolute atomic E-state index is 0.137. The molecule has 0 saturated heterocycles. The fraction of sp³-hybridized carbons (Fsp3) is 0.156. The summed E-state index contributed by atoms with van der Waals surface area (Å²) in [5, 5.41) is 10.1. The van der Waals surface area contributed by atoms with Gasteiger partial charge in [-0.15, -0.1) is 0 Å². The maximum Gasteiger partial charge on any atom is 0.143 e. The molecule has 0 fully saturated rings. The first-order chi connectivity index (χ1) is 22.4. The van der Waals surface area contributed by atoms with E-state index in [1.807, 2.05) is 0 Å². The molecule has 46 heavy (non-hydrogen) atoms. The summed E-state index contributed by atoms with van der Waals surface area (Å²) in [5.74, 6) is 0. The van der Waals surface area contributed by atoms with E-state index in [9.17, 15) is 0 Å². The van der Waals surface area contributed by atoms with Crippen LogP contribution in [0.2, 0.25) is 0 Å². The molecule has 0 N–H and O–H groups in total. The summed E-state index contributed by atoms with van der Waals surface area (Å²) in [6, 6.07) is 35.3.